The van der Waals surface area contributed by atoms with Gasteiger partial charge in [-0.05, 0) is 44.4 Å². The number of likely N-dealkylation sites (tertiary alicyclic amines) is 1. The largest absolute Gasteiger partial charge is 0.324 e. The van der Waals surface area contributed by atoms with Crippen LogP contribution in [0.4, 0.5) is 4.39 Å². The molecule has 1 aliphatic heterocycles. The predicted octanol–water partition coefficient (Wildman–Crippen LogP) is 3.76. The molecule has 0 atom stereocenters. The van der Waals surface area contributed by atoms with Crippen molar-refractivity contribution in [3.63, 3.8) is 0 Å². The Kier molecular flexibility index (Phi) is 5.85. The van der Waals surface area contributed by atoms with Gasteiger partial charge in [0.05, 0.1) is 0 Å². The molecule has 0 radical (unpaired) electrons. The highest BCUT2D eigenvalue weighted by Gasteiger charge is 2.37. The van der Waals surface area contributed by atoms with Crippen LogP contribution in [0.25, 0.3) is 0 Å². The van der Waals surface area contributed by atoms with Gasteiger partial charge in [0.1, 0.15) is 5.67 Å². The van der Waals surface area contributed by atoms with Crippen molar-refractivity contribution in [3.05, 3.63) is 34.9 Å². The Bertz CT molecular complexity index is 438. The number of nitrogens with two attached hydrogens (primary N) is 1. The molecular weight excluding hydrogens is 298 g/mol. The Morgan fingerprint density at radius 1 is 1.35 bits per heavy atom. The van der Waals surface area contributed by atoms with Crippen LogP contribution in [0.15, 0.2) is 24.3 Å². The number of piperidine rings is 1. The number of nitrogens with zero attached hydrogens (tertiary/aromatic N) is 1. The molecule has 5 heteroatoms. The van der Waals surface area contributed by atoms with Crippen LogP contribution in [-0.2, 0) is 5.67 Å². The first-order valence-electron chi connectivity index (χ1n) is 6.75. The highest BCUT2D eigenvalue weighted by Crippen LogP contribution is 2.37. The second-order valence-corrected chi connectivity index (χ2v) is 6.68. The summed E-state index contributed by atoms with van der Waals surface area (Å²) in [6, 6.07) is 7.16. The molecule has 0 unspecified atom stereocenters. The lowest BCUT2D eigenvalue weighted by molar-refractivity contribution is 0.0484. The molecule has 0 aromatic heterocycles. The van der Waals surface area contributed by atoms with Crippen molar-refractivity contribution in [2.75, 3.05) is 19.6 Å². The quantitative estimate of drug-likeness (QED) is 0.918. The van der Waals surface area contributed by atoms with Crippen LogP contribution in [0.3, 0.4) is 0 Å². The molecule has 2 N–H and O–H groups in total. The van der Waals surface area contributed by atoms with Gasteiger partial charge >= 0.3 is 0 Å². The normalized spacial score (nSPS) is 19.4. The summed E-state index contributed by atoms with van der Waals surface area (Å²) in [6.07, 6.45) is 1.01. The smallest absolute Gasteiger partial charge is 0.138 e. The molecule has 0 amide bonds. The number of hydrogen-bond acceptors (Lipinski definition) is 2. The van der Waals surface area contributed by atoms with Crippen molar-refractivity contribution in [3.8, 4) is 0 Å². The molecule has 1 saturated heterocycles. The van der Waals surface area contributed by atoms with Gasteiger partial charge in [0, 0.05) is 30.2 Å². The van der Waals surface area contributed by atoms with Crippen molar-refractivity contribution >= 4 is 24.0 Å². The maximum Gasteiger partial charge on any atom is 0.138 e. The van der Waals surface area contributed by atoms with E-state index in [-0.39, 0.29) is 17.9 Å². The minimum Gasteiger partial charge on any atom is -0.324 e. The SMILES string of the molecule is CC(C)(N)CN1CCC(F)(c2cccc(Cl)c2)CC1.Cl. The van der Waals surface area contributed by atoms with Gasteiger partial charge in [0.15, 0.2) is 0 Å². The number of alkyl halides is 1. The standard InChI is InChI=1S/C15H22ClFN2.ClH/c1-14(2,18)11-19-8-6-15(17,7-9-19)12-4-3-5-13(16)10-12;/h3-5,10H,6-9,11,18H2,1-2H3;1H. The molecule has 2 rings (SSSR count). The molecule has 1 aliphatic rings. The molecule has 0 spiro atoms. The van der Waals surface area contributed by atoms with Crippen LogP contribution in [0.1, 0.15) is 32.3 Å². The zero-order chi connectivity index (χ0) is 14.1. The number of hydrogen-bond donors (Lipinski definition) is 1. The Morgan fingerprint density at radius 3 is 2.45 bits per heavy atom. The summed E-state index contributed by atoms with van der Waals surface area (Å²) in [5.74, 6) is 0. The first kappa shape index (κ1) is 17.7. The van der Waals surface area contributed by atoms with E-state index in [4.69, 9.17) is 17.3 Å². The van der Waals surface area contributed by atoms with E-state index in [1.807, 2.05) is 26.0 Å². The van der Waals surface area contributed by atoms with Crippen molar-refractivity contribution < 1.29 is 4.39 Å². The topological polar surface area (TPSA) is 29.3 Å². The molecule has 1 aromatic rings. The van der Waals surface area contributed by atoms with E-state index >= 15 is 0 Å². The summed E-state index contributed by atoms with van der Waals surface area (Å²) < 4.78 is 15.0. The van der Waals surface area contributed by atoms with E-state index in [1.165, 1.54) is 0 Å². The van der Waals surface area contributed by atoms with Crippen molar-refractivity contribution in [1.82, 2.24) is 4.90 Å². The Labute approximate surface area is 131 Å². The summed E-state index contributed by atoms with van der Waals surface area (Å²) in [7, 11) is 0. The van der Waals surface area contributed by atoms with Gasteiger partial charge in [-0.15, -0.1) is 12.4 Å². The molecule has 114 valence electrons. The molecule has 1 aromatic carbocycles. The van der Waals surface area contributed by atoms with E-state index in [0.717, 1.165) is 19.6 Å². The summed E-state index contributed by atoms with van der Waals surface area (Å²) in [5.41, 5.74) is 5.23. The summed E-state index contributed by atoms with van der Waals surface area (Å²) >= 11 is 5.95. The van der Waals surface area contributed by atoms with Gasteiger partial charge in [-0.2, -0.15) is 0 Å². The summed E-state index contributed by atoms with van der Waals surface area (Å²) in [6.45, 7) is 6.29. The van der Waals surface area contributed by atoms with Crippen LogP contribution in [-0.4, -0.2) is 30.1 Å². The van der Waals surface area contributed by atoms with Crippen LogP contribution in [0, 0.1) is 0 Å². The van der Waals surface area contributed by atoms with Crippen molar-refractivity contribution in [1.29, 1.82) is 0 Å². The first-order valence-corrected chi connectivity index (χ1v) is 7.13. The van der Waals surface area contributed by atoms with Crippen LogP contribution >= 0.6 is 24.0 Å². The average molecular weight is 321 g/mol. The summed E-state index contributed by atoms with van der Waals surface area (Å²) in [4.78, 5) is 2.24. The van der Waals surface area contributed by atoms with Crippen LogP contribution < -0.4 is 5.73 Å². The number of rotatable bonds is 3. The minimum atomic E-state index is -1.25. The molecule has 1 heterocycles. The fourth-order valence-corrected chi connectivity index (χ4v) is 2.89. The Morgan fingerprint density at radius 2 is 1.95 bits per heavy atom. The lowest BCUT2D eigenvalue weighted by Gasteiger charge is -2.39. The molecule has 0 aliphatic carbocycles. The van der Waals surface area contributed by atoms with E-state index in [1.54, 1.807) is 12.1 Å². The lowest BCUT2D eigenvalue weighted by Crippen LogP contribution is -2.49. The third-order valence-corrected chi connectivity index (χ3v) is 3.86. The van der Waals surface area contributed by atoms with Crippen molar-refractivity contribution in [2.45, 2.75) is 37.9 Å². The third-order valence-electron chi connectivity index (χ3n) is 3.62. The predicted molar refractivity (Wildman–Crippen MR) is 85.4 cm³/mol. The third kappa shape index (κ3) is 4.59. The van der Waals surface area contributed by atoms with Crippen LogP contribution in [0.2, 0.25) is 5.02 Å². The Balaban J connectivity index is 0.00000200. The molecule has 0 saturated carbocycles. The number of halogens is 3. The highest BCUT2D eigenvalue weighted by atomic mass is 35.5. The number of benzene rings is 1. The molecule has 2 nitrogen and oxygen atoms in total. The van der Waals surface area contributed by atoms with Gasteiger partial charge in [0.2, 0.25) is 0 Å². The fourth-order valence-electron chi connectivity index (χ4n) is 2.70. The Hall–Kier alpha value is -0.350. The zero-order valence-electron chi connectivity index (χ0n) is 12.0. The molecule has 20 heavy (non-hydrogen) atoms. The fraction of sp³-hybridized carbons (Fsp3) is 0.600. The lowest BCUT2D eigenvalue weighted by atomic mass is 9.86. The first-order chi connectivity index (χ1) is 8.78. The van der Waals surface area contributed by atoms with Gasteiger partial charge in [-0.3, -0.25) is 0 Å². The van der Waals surface area contributed by atoms with E-state index in [0.29, 0.717) is 23.4 Å². The monoisotopic (exact) mass is 320 g/mol. The van der Waals surface area contributed by atoms with E-state index < -0.39 is 5.67 Å². The molecule has 1 fully saturated rings. The molecule has 0 bridgehead atoms. The van der Waals surface area contributed by atoms with Crippen molar-refractivity contribution in [2.24, 2.45) is 5.73 Å². The highest BCUT2D eigenvalue weighted by molar-refractivity contribution is 6.30. The zero-order valence-corrected chi connectivity index (χ0v) is 13.6. The summed E-state index contributed by atoms with van der Waals surface area (Å²) in [5, 5.41) is 0.597. The van der Waals surface area contributed by atoms with E-state index in [9.17, 15) is 4.39 Å². The maximum absolute atomic E-state index is 15.0. The second kappa shape index (κ2) is 6.61. The average Bonchev–Trinajstić information content (AvgIpc) is 2.31. The van der Waals surface area contributed by atoms with E-state index in [2.05, 4.69) is 4.90 Å². The van der Waals surface area contributed by atoms with Crippen LogP contribution in [0.5, 0.6) is 0 Å². The van der Waals surface area contributed by atoms with Gasteiger partial charge in [-0.25, -0.2) is 4.39 Å². The van der Waals surface area contributed by atoms with Gasteiger partial charge in [0.25, 0.3) is 0 Å². The van der Waals surface area contributed by atoms with Gasteiger partial charge in [-0.1, -0.05) is 23.7 Å². The minimum absolute atomic E-state index is 0. The van der Waals surface area contributed by atoms with Gasteiger partial charge < -0.3 is 10.6 Å². The second-order valence-electron chi connectivity index (χ2n) is 6.24. The molecular formula is C15H23Cl2FN2. The maximum atomic E-state index is 15.0.